The summed E-state index contributed by atoms with van der Waals surface area (Å²) < 4.78 is 18.3. The second kappa shape index (κ2) is 6.67. The maximum absolute atomic E-state index is 13.5. The number of halogens is 2. The summed E-state index contributed by atoms with van der Waals surface area (Å²) in [4.78, 5) is 16.0. The zero-order valence-corrected chi connectivity index (χ0v) is 12.2. The fourth-order valence-corrected chi connectivity index (χ4v) is 2.60. The first-order chi connectivity index (χ1) is 9.62. The minimum absolute atomic E-state index is 0.134. The van der Waals surface area contributed by atoms with Crippen molar-refractivity contribution in [1.29, 1.82) is 0 Å². The molecular formula is C13H12ClFN2O2S. The molecule has 1 aromatic carbocycles. The highest BCUT2D eigenvalue weighted by atomic mass is 35.5. The van der Waals surface area contributed by atoms with Gasteiger partial charge in [0, 0.05) is 17.1 Å². The van der Waals surface area contributed by atoms with Crippen LogP contribution in [0.3, 0.4) is 0 Å². The van der Waals surface area contributed by atoms with Crippen LogP contribution in [-0.2, 0) is 17.1 Å². The monoisotopic (exact) mass is 314 g/mol. The second-order valence-corrected chi connectivity index (χ2v) is 5.15. The van der Waals surface area contributed by atoms with Gasteiger partial charge in [-0.2, -0.15) is 0 Å². The number of alkyl halides is 1. The molecule has 0 atom stereocenters. The lowest BCUT2D eigenvalue weighted by Gasteiger charge is -2.06. The van der Waals surface area contributed by atoms with Gasteiger partial charge in [0.1, 0.15) is 5.01 Å². The molecule has 0 unspecified atom stereocenters. The predicted octanol–water partition coefficient (Wildman–Crippen LogP) is 3.21. The smallest absolute Gasteiger partial charge is 0.231 e. The van der Waals surface area contributed by atoms with Crippen LogP contribution in [0, 0.1) is 5.82 Å². The lowest BCUT2D eigenvalue weighted by Crippen LogP contribution is -2.14. The third-order valence-electron chi connectivity index (χ3n) is 2.48. The van der Waals surface area contributed by atoms with Gasteiger partial charge in [-0.1, -0.05) is 0 Å². The van der Waals surface area contributed by atoms with E-state index in [1.165, 1.54) is 30.6 Å². The van der Waals surface area contributed by atoms with Crippen LogP contribution in [0.25, 0.3) is 0 Å². The van der Waals surface area contributed by atoms with E-state index in [9.17, 15) is 9.18 Å². The van der Waals surface area contributed by atoms with Crippen LogP contribution in [0.1, 0.15) is 10.7 Å². The Balaban J connectivity index is 1.99. The maximum atomic E-state index is 13.5. The number of thiazole rings is 1. The van der Waals surface area contributed by atoms with Gasteiger partial charge in [-0.3, -0.25) is 4.79 Å². The molecule has 0 aliphatic heterocycles. The summed E-state index contributed by atoms with van der Waals surface area (Å²) in [5.74, 6) is -0.328. The van der Waals surface area contributed by atoms with Crippen LogP contribution in [0.5, 0.6) is 5.75 Å². The molecule has 106 valence electrons. The van der Waals surface area contributed by atoms with Gasteiger partial charge in [0.15, 0.2) is 11.6 Å². The number of methoxy groups -OCH3 is 1. The van der Waals surface area contributed by atoms with E-state index in [2.05, 4.69) is 10.3 Å². The molecule has 0 aliphatic carbocycles. The van der Waals surface area contributed by atoms with Gasteiger partial charge in [-0.25, -0.2) is 9.37 Å². The molecule has 0 spiro atoms. The minimum Gasteiger partial charge on any atom is -0.494 e. The SMILES string of the molecule is COc1ccc(NC(=O)Cc2nc(CCl)cs2)cc1F. The van der Waals surface area contributed by atoms with E-state index in [0.29, 0.717) is 16.6 Å². The third kappa shape index (κ3) is 3.68. The largest absolute Gasteiger partial charge is 0.494 e. The van der Waals surface area contributed by atoms with Gasteiger partial charge >= 0.3 is 0 Å². The number of hydrogen-bond acceptors (Lipinski definition) is 4. The van der Waals surface area contributed by atoms with Gasteiger partial charge in [0.25, 0.3) is 0 Å². The van der Waals surface area contributed by atoms with Crippen molar-refractivity contribution < 1.29 is 13.9 Å². The summed E-state index contributed by atoms with van der Waals surface area (Å²) in [6.07, 6.45) is 0.134. The molecule has 1 aromatic heterocycles. The van der Waals surface area contributed by atoms with Crippen LogP contribution < -0.4 is 10.1 Å². The molecule has 2 aromatic rings. The number of hydrogen-bond donors (Lipinski definition) is 1. The Morgan fingerprint density at radius 3 is 2.95 bits per heavy atom. The van der Waals surface area contributed by atoms with Crippen molar-refractivity contribution in [2.45, 2.75) is 12.3 Å². The van der Waals surface area contributed by atoms with E-state index in [0.717, 1.165) is 5.69 Å². The lowest BCUT2D eigenvalue weighted by molar-refractivity contribution is -0.115. The first-order valence-electron chi connectivity index (χ1n) is 5.75. The molecular weight excluding hydrogens is 303 g/mol. The van der Waals surface area contributed by atoms with E-state index in [1.54, 1.807) is 6.07 Å². The molecule has 1 N–H and O–H groups in total. The molecule has 0 radical (unpaired) electrons. The Labute approximate surface area is 124 Å². The molecule has 0 saturated carbocycles. The van der Waals surface area contributed by atoms with Crippen LogP contribution in [-0.4, -0.2) is 18.0 Å². The van der Waals surface area contributed by atoms with Gasteiger partial charge in [-0.05, 0) is 12.1 Å². The highest BCUT2D eigenvalue weighted by Crippen LogP contribution is 2.21. The fraction of sp³-hybridized carbons (Fsp3) is 0.231. The maximum Gasteiger partial charge on any atom is 0.231 e. The van der Waals surface area contributed by atoms with Crippen molar-refractivity contribution in [2.75, 3.05) is 12.4 Å². The Kier molecular flexibility index (Phi) is 4.92. The number of aromatic nitrogens is 1. The Morgan fingerprint density at radius 1 is 1.55 bits per heavy atom. The van der Waals surface area contributed by atoms with Crippen LogP contribution in [0.2, 0.25) is 0 Å². The zero-order chi connectivity index (χ0) is 14.5. The van der Waals surface area contributed by atoms with Crippen molar-refractivity contribution in [2.24, 2.45) is 0 Å². The summed E-state index contributed by atoms with van der Waals surface area (Å²) in [5, 5.41) is 5.09. The molecule has 4 nitrogen and oxygen atoms in total. The number of benzene rings is 1. The first-order valence-corrected chi connectivity index (χ1v) is 7.16. The number of nitrogens with one attached hydrogen (secondary N) is 1. The van der Waals surface area contributed by atoms with E-state index >= 15 is 0 Å². The Morgan fingerprint density at radius 2 is 2.35 bits per heavy atom. The highest BCUT2D eigenvalue weighted by Gasteiger charge is 2.10. The van der Waals surface area contributed by atoms with E-state index < -0.39 is 5.82 Å². The Bertz CT molecular complexity index is 618. The number of carbonyl (C=O) groups is 1. The van der Waals surface area contributed by atoms with Crippen molar-refractivity contribution in [3.05, 3.63) is 40.1 Å². The molecule has 7 heteroatoms. The van der Waals surface area contributed by atoms with Crippen molar-refractivity contribution in [3.8, 4) is 5.75 Å². The summed E-state index contributed by atoms with van der Waals surface area (Å²) in [5.41, 5.74) is 1.12. The molecule has 0 fully saturated rings. The van der Waals surface area contributed by atoms with Crippen molar-refractivity contribution in [3.63, 3.8) is 0 Å². The molecule has 0 bridgehead atoms. The minimum atomic E-state index is -0.524. The van der Waals surface area contributed by atoms with Crippen molar-refractivity contribution in [1.82, 2.24) is 4.98 Å². The standard InChI is InChI=1S/C13H12ClFN2O2S/c1-19-11-3-2-8(4-10(11)15)16-12(18)5-13-17-9(6-14)7-20-13/h2-4,7H,5-6H2,1H3,(H,16,18). The quantitative estimate of drug-likeness (QED) is 0.862. The second-order valence-electron chi connectivity index (χ2n) is 3.94. The number of anilines is 1. The number of carbonyl (C=O) groups excluding carboxylic acids is 1. The van der Waals surface area contributed by atoms with Gasteiger partial charge in [-0.15, -0.1) is 22.9 Å². The van der Waals surface area contributed by atoms with Gasteiger partial charge in [0.05, 0.1) is 25.1 Å². The van der Waals surface area contributed by atoms with Crippen LogP contribution in [0.4, 0.5) is 10.1 Å². The topological polar surface area (TPSA) is 51.2 Å². The van der Waals surface area contributed by atoms with E-state index in [4.69, 9.17) is 16.3 Å². The molecule has 0 aliphatic rings. The van der Waals surface area contributed by atoms with Crippen LogP contribution >= 0.6 is 22.9 Å². The predicted molar refractivity (Wildman–Crippen MR) is 77.0 cm³/mol. The molecule has 1 heterocycles. The van der Waals surface area contributed by atoms with Crippen LogP contribution in [0.15, 0.2) is 23.6 Å². The molecule has 2 rings (SSSR count). The number of nitrogens with zero attached hydrogens (tertiary/aromatic N) is 1. The summed E-state index contributed by atoms with van der Waals surface area (Å²) in [6, 6.07) is 4.24. The Hall–Kier alpha value is -1.66. The number of amides is 1. The summed E-state index contributed by atoms with van der Waals surface area (Å²) >= 11 is 7.01. The average Bonchev–Trinajstić information content (AvgIpc) is 2.86. The number of rotatable bonds is 5. The molecule has 20 heavy (non-hydrogen) atoms. The zero-order valence-electron chi connectivity index (χ0n) is 10.7. The third-order valence-corrected chi connectivity index (χ3v) is 3.66. The van der Waals surface area contributed by atoms with Gasteiger partial charge in [0.2, 0.25) is 5.91 Å². The highest BCUT2D eigenvalue weighted by molar-refractivity contribution is 7.09. The fourth-order valence-electron chi connectivity index (χ4n) is 1.58. The average molecular weight is 315 g/mol. The lowest BCUT2D eigenvalue weighted by atomic mass is 10.2. The van der Waals surface area contributed by atoms with Crippen molar-refractivity contribution >= 4 is 34.5 Å². The number of ether oxygens (including phenoxy) is 1. The van der Waals surface area contributed by atoms with E-state index in [-0.39, 0.29) is 18.1 Å². The molecule has 0 saturated heterocycles. The summed E-state index contributed by atoms with van der Waals surface area (Å²) in [6.45, 7) is 0. The van der Waals surface area contributed by atoms with Gasteiger partial charge < -0.3 is 10.1 Å². The van der Waals surface area contributed by atoms with E-state index in [1.807, 2.05) is 5.38 Å². The molecule has 1 amide bonds. The first kappa shape index (κ1) is 14.7. The summed E-state index contributed by atoms with van der Waals surface area (Å²) in [7, 11) is 1.38. The normalized spacial score (nSPS) is 10.3.